The van der Waals surface area contributed by atoms with Gasteiger partial charge in [-0.15, -0.1) is 10.2 Å². The van der Waals surface area contributed by atoms with Gasteiger partial charge in [0.05, 0.1) is 11.0 Å². The first-order valence-corrected chi connectivity index (χ1v) is 6.28. The highest BCUT2D eigenvalue weighted by Gasteiger charge is 2.14. The van der Waals surface area contributed by atoms with Gasteiger partial charge in [-0.05, 0) is 12.1 Å². The molecule has 0 N–H and O–H groups in total. The molecule has 0 radical (unpaired) electrons. The van der Waals surface area contributed by atoms with E-state index in [1.165, 1.54) is 0 Å². The Balaban J connectivity index is 2.09. The monoisotopic (exact) mass is 282 g/mol. The molecule has 96 valence electrons. The van der Waals surface area contributed by atoms with E-state index < -0.39 is 0 Å². The topological polar surface area (TPSA) is 68.9 Å². The minimum atomic E-state index is 0.317. The van der Waals surface area contributed by atoms with Crippen molar-refractivity contribution in [3.05, 3.63) is 48.1 Å². The van der Waals surface area contributed by atoms with E-state index in [0.29, 0.717) is 16.6 Å². The minimum Gasteiger partial charge on any atom is -0.278 e. The second-order valence-corrected chi connectivity index (χ2v) is 4.52. The van der Waals surface area contributed by atoms with E-state index in [0.717, 1.165) is 16.6 Å². The van der Waals surface area contributed by atoms with Crippen LogP contribution in [0.5, 0.6) is 0 Å². The van der Waals surface area contributed by atoms with Crippen molar-refractivity contribution in [1.82, 2.24) is 29.5 Å². The molecule has 0 aliphatic rings. The Kier molecular flexibility index (Phi) is 2.37. The normalized spacial score (nSPS) is 11.2. The molecular weight excluding hydrogens is 276 g/mol. The van der Waals surface area contributed by atoms with Crippen molar-refractivity contribution in [2.24, 2.45) is 0 Å². The first kappa shape index (κ1) is 11.2. The number of aromatic nitrogens is 6. The van der Waals surface area contributed by atoms with Crippen LogP contribution in [0.25, 0.3) is 28.1 Å². The first-order chi connectivity index (χ1) is 9.84. The molecule has 7 heteroatoms. The lowest BCUT2D eigenvalue weighted by atomic mass is 10.1. The lowest BCUT2D eigenvalue weighted by molar-refractivity contribution is 1.11. The van der Waals surface area contributed by atoms with Crippen LogP contribution < -0.4 is 0 Å². The summed E-state index contributed by atoms with van der Waals surface area (Å²) in [6.07, 6.45) is 6.70. The quantitative estimate of drug-likeness (QED) is 0.536. The van der Waals surface area contributed by atoms with Crippen molar-refractivity contribution in [2.45, 2.75) is 0 Å². The molecule has 1 aromatic carbocycles. The summed E-state index contributed by atoms with van der Waals surface area (Å²) in [6, 6.07) is 5.75. The summed E-state index contributed by atoms with van der Waals surface area (Å²) in [4.78, 5) is 12.7. The van der Waals surface area contributed by atoms with Crippen LogP contribution in [0, 0.1) is 0 Å². The highest BCUT2D eigenvalue weighted by atomic mass is 35.5. The van der Waals surface area contributed by atoms with Gasteiger partial charge in [-0.2, -0.15) is 0 Å². The Bertz CT molecular complexity index is 927. The number of halogens is 1. The van der Waals surface area contributed by atoms with E-state index in [-0.39, 0.29) is 0 Å². The fourth-order valence-corrected chi connectivity index (χ4v) is 2.34. The van der Waals surface area contributed by atoms with E-state index in [2.05, 4.69) is 25.1 Å². The zero-order valence-electron chi connectivity index (χ0n) is 10.1. The maximum Gasteiger partial charge on any atom is 0.198 e. The highest BCUT2D eigenvalue weighted by molar-refractivity contribution is 6.32. The molecule has 6 nitrogen and oxygen atoms in total. The van der Waals surface area contributed by atoms with Crippen molar-refractivity contribution in [3.8, 4) is 11.4 Å². The van der Waals surface area contributed by atoms with Gasteiger partial charge in [0, 0.05) is 30.4 Å². The van der Waals surface area contributed by atoms with E-state index in [1.807, 2.05) is 18.2 Å². The number of para-hydroxylation sites is 1. The zero-order chi connectivity index (χ0) is 13.5. The molecule has 3 aromatic heterocycles. The molecule has 0 saturated carbocycles. The van der Waals surface area contributed by atoms with Gasteiger partial charge < -0.3 is 0 Å². The molecule has 0 spiro atoms. The van der Waals surface area contributed by atoms with Gasteiger partial charge in [-0.25, -0.2) is 4.98 Å². The van der Waals surface area contributed by atoms with E-state index >= 15 is 0 Å². The number of rotatable bonds is 1. The molecule has 0 saturated heterocycles. The highest BCUT2D eigenvalue weighted by Crippen LogP contribution is 2.26. The Morgan fingerprint density at radius 2 is 1.85 bits per heavy atom. The largest absolute Gasteiger partial charge is 0.278 e. The standard InChI is InChI=1S/C13H7ClN6/c14-11-13-19-18-12(20(13)7-6-17-11)8-2-1-3-9-10(8)16-5-4-15-9/h1-7H. The molecular formula is C13H7ClN6. The second kappa shape index (κ2) is 4.21. The fourth-order valence-electron chi connectivity index (χ4n) is 2.15. The van der Waals surface area contributed by atoms with Crippen LogP contribution in [0.4, 0.5) is 0 Å². The van der Waals surface area contributed by atoms with Gasteiger partial charge in [0.2, 0.25) is 0 Å². The van der Waals surface area contributed by atoms with Crippen LogP contribution in [0.15, 0.2) is 43.0 Å². The average molecular weight is 283 g/mol. The van der Waals surface area contributed by atoms with Crippen LogP contribution in [0.3, 0.4) is 0 Å². The summed E-state index contributed by atoms with van der Waals surface area (Å²) in [5, 5.41) is 8.59. The van der Waals surface area contributed by atoms with Crippen molar-refractivity contribution in [2.75, 3.05) is 0 Å². The van der Waals surface area contributed by atoms with Crippen LogP contribution >= 0.6 is 11.6 Å². The number of hydrogen-bond acceptors (Lipinski definition) is 5. The summed E-state index contributed by atoms with van der Waals surface area (Å²) >= 11 is 6.01. The van der Waals surface area contributed by atoms with Gasteiger partial charge in [0.15, 0.2) is 16.6 Å². The van der Waals surface area contributed by atoms with Gasteiger partial charge in [0.1, 0.15) is 0 Å². The lowest BCUT2D eigenvalue weighted by Gasteiger charge is -2.03. The SMILES string of the molecule is Clc1nccn2c(-c3cccc4nccnc34)nnc12. The van der Waals surface area contributed by atoms with Crippen LogP contribution in [-0.2, 0) is 0 Å². The molecule has 0 aliphatic carbocycles. The molecule has 0 aliphatic heterocycles. The molecule has 0 unspecified atom stereocenters. The first-order valence-electron chi connectivity index (χ1n) is 5.90. The molecule has 20 heavy (non-hydrogen) atoms. The molecule has 0 bridgehead atoms. The Morgan fingerprint density at radius 3 is 2.80 bits per heavy atom. The number of benzene rings is 1. The molecule has 4 rings (SSSR count). The second-order valence-electron chi connectivity index (χ2n) is 4.16. The molecule has 0 atom stereocenters. The molecule has 4 aromatic rings. The summed E-state index contributed by atoms with van der Waals surface area (Å²) in [5.41, 5.74) is 2.95. The predicted octanol–water partition coefficient (Wildman–Crippen LogP) is 2.39. The van der Waals surface area contributed by atoms with E-state index in [9.17, 15) is 0 Å². The summed E-state index contributed by atoms with van der Waals surface area (Å²) < 4.78 is 1.79. The average Bonchev–Trinajstić information content (AvgIpc) is 2.92. The van der Waals surface area contributed by atoms with Crippen molar-refractivity contribution < 1.29 is 0 Å². The van der Waals surface area contributed by atoms with Crippen LogP contribution in [0.2, 0.25) is 5.15 Å². The smallest absolute Gasteiger partial charge is 0.198 e. The van der Waals surface area contributed by atoms with E-state index in [1.54, 1.807) is 29.2 Å². The summed E-state index contributed by atoms with van der Waals surface area (Å²) in [6.45, 7) is 0. The summed E-state index contributed by atoms with van der Waals surface area (Å²) in [7, 11) is 0. The lowest BCUT2D eigenvalue weighted by Crippen LogP contribution is -1.93. The Hall–Kier alpha value is -2.60. The minimum absolute atomic E-state index is 0.317. The maximum absolute atomic E-state index is 6.01. The van der Waals surface area contributed by atoms with Gasteiger partial charge in [-0.3, -0.25) is 14.4 Å². The number of nitrogens with zero attached hydrogens (tertiary/aromatic N) is 6. The molecule has 0 amide bonds. The van der Waals surface area contributed by atoms with Crippen LogP contribution in [-0.4, -0.2) is 29.5 Å². The van der Waals surface area contributed by atoms with Crippen molar-refractivity contribution >= 4 is 28.3 Å². The van der Waals surface area contributed by atoms with Gasteiger partial charge >= 0.3 is 0 Å². The third-order valence-electron chi connectivity index (χ3n) is 3.02. The predicted molar refractivity (Wildman–Crippen MR) is 74.3 cm³/mol. The van der Waals surface area contributed by atoms with E-state index in [4.69, 9.17) is 11.6 Å². The number of fused-ring (bicyclic) bond motifs is 2. The Morgan fingerprint density at radius 1 is 0.950 bits per heavy atom. The van der Waals surface area contributed by atoms with Gasteiger partial charge in [0.25, 0.3) is 0 Å². The molecule has 0 fully saturated rings. The zero-order valence-corrected chi connectivity index (χ0v) is 10.9. The Labute approximate surface area is 118 Å². The molecule has 3 heterocycles. The number of hydrogen-bond donors (Lipinski definition) is 0. The van der Waals surface area contributed by atoms with Gasteiger partial charge in [-0.1, -0.05) is 17.7 Å². The maximum atomic E-state index is 6.01. The fraction of sp³-hybridized carbons (Fsp3) is 0. The third kappa shape index (κ3) is 1.55. The van der Waals surface area contributed by atoms with Crippen LogP contribution in [0.1, 0.15) is 0 Å². The third-order valence-corrected chi connectivity index (χ3v) is 3.29. The summed E-state index contributed by atoms with van der Waals surface area (Å²) in [5.74, 6) is 0.662. The van der Waals surface area contributed by atoms with Crippen molar-refractivity contribution in [3.63, 3.8) is 0 Å². The van der Waals surface area contributed by atoms with Crippen molar-refractivity contribution in [1.29, 1.82) is 0 Å².